The van der Waals surface area contributed by atoms with Crippen molar-refractivity contribution >= 4 is 0 Å². The Kier molecular flexibility index (Phi) is 5.06. The highest BCUT2D eigenvalue weighted by Crippen LogP contribution is 2.24. The molecule has 1 aromatic carbocycles. The molecule has 0 aliphatic heterocycles. The summed E-state index contributed by atoms with van der Waals surface area (Å²) in [4.78, 5) is 0. The Labute approximate surface area is 111 Å². The van der Waals surface area contributed by atoms with Crippen LogP contribution in [0.4, 0.5) is 0 Å². The number of nitrogens with one attached hydrogen (secondary N) is 1. The van der Waals surface area contributed by atoms with Crippen molar-refractivity contribution in [2.45, 2.75) is 57.6 Å². The number of ether oxygens (including phenoxy) is 1. The standard InChI is InChI=1S/C16H25NO/c1-3-5-13-8-10-15(11-9-13)18-16-7-4-6-14(12-16)17-2/h8-11,14,16-17H,3-7,12H2,1-2H3. The van der Waals surface area contributed by atoms with Crippen LogP contribution in [0.3, 0.4) is 0 Å². The summed E-state index contributed by atoms with van der Waals surface area (Å²) < 4.78 is 6.08. The van der Waals surface area contributed by atoms with E-state index in [1.807, 2.05) is 7.05 Å². The molecule has 1 N–H and O–H groups in total. The molecule has 18 heavy (non-hydrogen) atoms. The zero-order valence-electron chi connectivity index (χ0n) is 11.6. The van der Waals surface area contributed by atoms with Gasteiger partial charge in [0.1, 0.15) is 11.9 Å². The first-order valence-electron chi connectivity index (χ1n) is 7.24. The van der Waals surface area contributed by atoms with Gasteiger partial charge in [-0.1, -0.05) is 25.5 Å². The summed E-state index contributed by atoms with van der Waals surface area (Å²) in [6.45, 7) is 2.21. The molecule has 0 heterocycles. The largest absolute Gasteiger partial charge is 0.490 e. The van der Waals surface area contributed by atoms with E-state index in [9.17, 15) is 0 Å². The summed E-state index contributed by atoms with van der Waals surface area (Å²) >= 11 is 0. The topological polar surface area (TPSA) is 21.3 Å². The van der Waals surface area contributed by atoms with Gasteiger partial charge in [0.2, 0.25) is 0 Å². The monoisotopic (exact) mass is 247 g/mol. The summed E-state index contributed by atoms with van der Waals surface area (Å²) in [6.07, 6.45) is 7.61. The molecule has 2 nitrogen and oxygen atoms in total. The van der Waals surface area contributed by atoms with Gasteiger partial charge in [0.25, 0.3) is 0 Å². The Balaban J connectivity index is 1.88. The minimum atomic E-state index is 0.383. The van der Waals surface area contributed by atoms with E-state index in [2.05, 4.69) is 36.5 Å². The predicted octanol–water partition coefficient (Wildman–Crippen LogP) is 3.55. The van der Waals surface area contributed by atoms with Gasteiger partial charge in [-0.25, -0.2) is 0 Å². The van der Waals surface area contributed by atoms with Crippen LogP contribution in [0.15, 0.2) is 24.3 Å². The molecule has 0 bridgehead atoms. The highest BCUT2D eigenvalue weighted by atomic mass is 16.5. The van der Waals surface area contributed by atoms with E-state index in [0.717, 1.165) is 18.6 Å². The second kappa shape index (κ2) is 6.79. The molecule has 0 radical (unpaired) electrons. The average Bonchev–Trinajstić information content (AvgIpc) is 2.42. The molecule has 1 aliphatic rings. The molecule has 0 aromatic heterocycles. The molecule has 2 rings (SSSR count). The lowest BCUT2D eigenvalue weighted by atomic mass is 9.93. The van der Waals surface area contributed by atoms with E-state index in [0.29, 0.717) is 12.1 Å². The number of rotatable bonds is 5. The molecule has 0 saturated heterocycles. The summed E-state index contributed by atoms with van der Waals surface area (Å²) in [7, 11) is 2.05. The molecule has 2 heteroatoms. The normalized spacial score (nSPS) is 23.9. The summed E-state index contributed by atoms with van der Waals surface area (Å²) in [5.41, 5.74) is 1.40. The van der Waals surface area contributed by atoms with Gasteiger partial charge in [-0.3, -0.25) is 0 Å². The van der Waals surface area contributed by atoms with Crippen molar-refractivity contribution in [2.24, 2.45) is 0 Å². The van der Waals surface area contributed by atoms with Crippen LogP contribution in [0, 0.1) is 0 Å². The molecule has 1 saturated carbocycles. The first-order valence-corrected chi connectivity index (χ1v) is 7.24. The van der Waals surface area contributed by atoms with Gasteiger partial charge in [0, 0.05) is 6.04 Å². The number of hydrogen-bond acceptors (Lipinski definition) is 2. The molecule has 100 valence electrons. The summed E-state index contributed by atoms with van der Waals surface area (Å²) in [5, 5.41) is 3.37. The third-order valence-corrected chi connectivity index (χ3v) is 3.80. The Morgan fingerprint density at radius 2 is 2.00 bits per heavy atom. The van der Waals surface area contributed by atoms with Gasteiger partial charge >= 0.3 is 0 Å². The fourth-order valence-corrected chi connectivity index (χ4v) is 2.73. The smallest absolute Gasteiger partial charge is 0.119 e. The maximum absolute atomic E-state index is 6.08. The van der Waals surface area contributed by atoms with Gasteiger partial charge < -0.3 is 10.1 Å². The Bertz CT molecular complexity index is 347. The first kappa shape index (κ1) is 13.4. The van der Waals surface area contributed by atoms with Crippen molar-refractivity contribution in [3.63, 3.8) is 0 Å². The molecule has 2 unspecified atom stereocenters. The third-order valence-electron chi connectivity index (χ3n) is 3.80. The van der Waals surface area contributed by atoms with E-state index in [1.54, 1.807) is 0 Å². The Morgan fingerprint density at radius 3 is 2.67 bits per heavy atom. The molecule has 1 fully saturated rings. The van der Waals surface area contributed by atoms with Gasteiger partial charge in [-0.15, -0.1) is 0 Å². The van der Waals surface area contributed by atoms with Crippen molar-refractivity contribution in [3.05, 3.63) is 29.8 Å². The highest BCUT2D eigenvalue weighted by molar-refractivity contribution is 5.27. The number of benzene rings is 1. The Morgan fingerprint density at radius 1 is 1.22 bits per heavy atom. The molecular formula is C16H25NO. The van der Waals surface area contributed by atoms with Crippen LogP contribution >= 0.6 is 0 Å². The lowest BCUT2D eigenvalue weighted by molar-refractivity contribution is 0.137. The van der Waals surface area contributed by atoms with E-state index >= 15 is 0 Å². The van der Waals surface area contributed by atoms with Gasteiger partial charge in [0.15, 0.2) is 0 Å². The zero-order valence-corrected chi connectivity index (χ0v) is 11.6. The summed E-state index contributed by atoms with van der Waals surface area (Å²) in [5.74, 6) is 1.02. The highest BCUT2D eigenvalue weighted by Gasteiger charge is 2.21. The number of aryl methyl sites for hydroxylation is 1. The molecule has 0 spiro atoms. The van der Waals surface area contributed by atoms with Gasteiger partial charge in [0.05, 0.1) is 0 Å². The molecule has 0 amide bonds. The molecular weight excluding hydrogens is 222 g/mol. The predicted molar refractivity (Wildman–Crippen MR) is 76.2 cm³/mol. The van der Waals surface area contributed by atoms with Crippen molar-refractivity contribution in [3.8, 4) is 5.75 Å². The van der Waals surface area contributed by atoms with Crippen LogP contribution in [0.1, 0.15) is 44.6 Å². The fourth-order valence-electron chi connectivity index (χ4n) is 2.73. The van der Waals surface area contributed by atoms with Gasteiger partial charge in [-0.05, 0) is 56.8 Å². The minimum absolute atomic E-state index is 0.383. The third kappa shape index (κ3) is 3.74. The van der Waals surface area contributed by atoms with E-state index in [-0.39, 0.29) is 0 Å². The van der Waals surface area contributed by atoms with Crippen LogP contribution in [-0.2, 0) is 6.42 Å². The SMILES string of the molecule is CCCc1ccc(OC2CCCC(NC)C2)cc1. The van der Waals surface area contributed by atoms with E-state index < -0.39 is 0 Å². The zero-order chi connectivity index (χ0) is 12.8. The second-order valence-electron chi connectivity index (χ2n) is 5.29. The van der Waals surface area contributed by atoms with Crippen molar-refractivity contribution < 1.29 is 4.74 Å². The van der Waals surface area contributed by atoms with E-state index in [1.165, 1.54) is 31.2 Å². The van der Waals surface area contributed by atoms with Crippen molar-refractivity contribution in [1.82, 2.24) is 5.32 Å². The maximum atomic E-state index is 6.08. The van der Waals surface area contributed by atoms with Crippen LogP contribution in [0.5, 0.6) is 5.75 Å². The lowest BCUT2D eigenvalue weighted by Gasteiger charge is -2.29. The second-order valence-corrected chi connectivity index (χ2v) is 5.29. The lowest BCUT2D eigenvalue weighted by Crippen LogP contribution is -2.36. The maximum Gasteiger partial charge on any atom is 0.119 e. The van der Waals surface area contributed by atoms with Crippen LogP contribution in [-0.4, -0.2) is 19.2 Å². The van der Waals surface area contributed by atoms with Crippen LogP contribution in [0.2, 0.25) is 0 Å². The molecule has 1 aromatic rings. The van der Waals surface area contributed by atoms with E-state index in [4.69, 9.17) is 4.74 Å². The van der Waals surface area contributed by atoms with Crippen LogP contribution in [0.25, 0.3) is 0 Å². The quantitative estimate of drug-likeness (QED) is 0.859. The minimum Gasteiger partial charge on any atom is -0.490 e. The molecule has 2 atom stereocenters. The first-order chi connectivity index (χ1) is 8.81. The fraction of sp³-hybridized carbons (Fsp3) is 0.625. The van der Waals surface area contributed by atoms with Crippen molar-refractivity contribution in [1.29, 1.82) is 0 Å². The number of hydrogen-bond donors (Lipinski definition) is 1. The van der Waals surface area contributed by atoms with Crippen molar-refractivity contribution in [2.75, 3.05) is 7.05 Å². The molecule has 1 aliphatic carbocycles. The van der Waals surface area contributed by atoms with Gasteiger partial charge in [-0.2, -0.15) is 0 Å². The summed E-state index contributed by atoms with van der Waals surface area (Å²) in [6, 6.07) is 9.25. The average molecular weight is 247 g/mol. The van der Waals surface area contributed by atoms with Crippen LogP contribution < -0.4 is 10.1 Å². The Hall–Kier alpha value is -1.02.